The zero-order valence-corrected chi connectivity index (χ0v) is 10.6. The summed E-state index contributed by atoms with van der Waals surface area (Å²) in [6, 6.07) is 6.69. The predicted molar refractivity (Wildman–Crippen MR) is 74.3 cm³/mol. The number of nitrogens with two attached hydrogens (primary N) is 2. The van der Waals surface area contributed by atoms with E-state index in [1.165, 1.54) is 7.11 Å². The van der Waals surface area contributed by atoms with Gasteiger partial charge < -0.3 is 21.4 Å². The molecule has 104 valence electrons. The third-order valence-electron chi connectivity index (χ3n) is 2.58. The van der Waals surface area contributed by atoms with E-state index in [1.807, 2.05) is 0 Å². The summed E-state index contributed by atoms with van der Waals surface area (Å²) in [7, 11) is 1.51. The Kier molecular flexibility index (Phi) is 3.56. The highest BCUT2D eigenvalue weighted by atomic mass is 16.5. The van der Waals surface area contributed by atoms with Crippen LogP contribution >= 0.6 is 0 Å². The van der Waals surface area contributed by atoms with Crippen molar-refractivity contribution in [2.45, 2.75) is 0 Å². The average Bonchev–Trinajstić information content (AvgIpc) is 2.48. The molecular weight excluding hydrogens is 262 g/mol. The molecule has 2 aromatic rings. The SMILES string of the molecule is COc1cccc(C(O)=Cc2nnc(N)n(N)c2=O)c1. The van der Waals surface area contributed by atoms with Crippen molar-refractivity contribution in [3.63, 3.8) is 0 Å². The van der Waals surface area contributed by atoms with Crippen LogP contribution in [-0.4, -0.2) is 27.1 Å². The summed E-state index contributed by atoms with van der Waals surface area (Å²) >= 11 is 0. The normalized spacial score (nSPS) is 11.3. The van der Waals surface area contributed by atoms with Crippen molar-refractivity contribution in [1.82, 2.24) is 14.9 Å². The Morgan fingerprint density at radius 2 is 2.20 bits per heavy atom. The van der Waals surface area contributed by atoms with Crippen molar-refractivity contribution in [2.75, 3.05) is 18.7 Å². The fraction of sp³-hybridized carbons (Fsp3) is 0.0833. The molecule has 5 N–H and O–H groups in total. The van der Waals surface area contributed by atoms with Gasteiger partial charge in [0.25, 0.3) is 5.56 Å². The Balaban J connectivity index is 2.45. The maximum Gasteiger partial charge on any atom is 0.299 e. The smallest absolute Gasteiger partial charge is 0.299 e. The third-order valence-corrected chi connectivity index (χ3v) is 2.58. The lowest BCUT2D eigenvalue weighted by atomic mass is 10.1. The van der Waals surface area contributed by atoms with E-state index in [1.54, 1.807) is 24.3 Å². The zero-order chi connectivity index (χ0) is 14.7. The zero-order valence-electron chi connectivity index (χ0n) is 10.6. The second kappa shape index (κ2) is 5.31. The molecule has 0 aliphatic carbocycles. The van der Waals surface area contributed by atoms with Crippen LogP contribution in [0.2, 0.25) is 0 Å². The molecule has 0 aliphatic heterocycles. The fourth-order valence-electron chi connectivity index (χ4n) is 1.51. The molecule has 0 atom stereocenters. The van der Waals surface area contributed by atoms with Crippen LogP contribution in [0.3, 0.4) is 0 Å². The van der Waals surface area contributed by atoms with E-state index in [0.717, 1.165) is 6.08 Å². The highest BCUT2D eigenvalue weighted by molar-refractivity contribution is 5.75. The number of methoxy groups -OCH3 is 1. The first kappa shape index (κ1) is 13.4. The molecule has 1 aromatic carbocycles. The lowest BCUT2D eigenvalue weighted by Gasteiger charge is -2.04. The van der Waals surface area contributed by atoms with Crippen LogP contribution in [-0.2, 0) is 0 Å². The monoisotopic (exact) mass is 275 g/mol. The molecule has 0 amide bonds. The number of aliphatic hydroxyl groups is 1. The molecule has 20 heavy (non-hydrogen) atoms. The number of anilines is 1. The Hall–Kier alpha value is -3.03. The first-order valence-corrected chi connectivity index (χ1v) is 5.58. The van der Waals surface area contributed by atoms with Crippen molar-refractivity contribution in [3.8, 4) is 5.75 Å². The predicted octanol–water partition coefficient (Wildman–Crippen LogP) is -0.00100. The minimum atomic E-state index is -0.660. The van der Waals surface area contributed by atoms with Gasteiger partial charge in [-0.2, -0.15) is 4.68 Å². The topological polar surface area (TPSA) is 129 Å². The van der Waals surface area contributed by atoms with Gasteiger partial charge in [-0.25, -0.2) is 0 Å². The molecule has 0 saturated carbocycles. The molecule has 1 heterocycles. The van der Waals surface area contributed by atoms with Gasteiger partial charge in [0.2, 0.25) is 5.95 Å². The van der Waals surface area contributed by atoms with Gasteiger partial charge in [0, 0.05) is 11.6 Å². The molecule has 0 bridgehead atoms. The summed E-state index contributed by atoms with van der Waals surface area (Å²) < 4.78 is 5.70. The first-order valence-electron chi connectivity index (χ1n) is 5.58. The van der Waals surface area contributed by atoms with E-state index < -0.39 is 5.56 Å². The van der Waals surface area contributed by atoms with Gasteiger partial charge in [0.15, 0.2) is 5.69 Å². The number of ether oxygens (including phenoxy) is 1. The van der Waals surface area contributed by atoms with E-state index in [2.05, 4.69) is 10.2 Å². The van der Waals surface area contributed by atoms with Crippen LogP contribution in [0, 0.1) is 0 Å². The van der Waals surface area contributed by atoms with E-state index in [-0.39, 0.29) is 17.4 Å². The molecule has 8 heteroatoms. The lowest BCUT2D eigenvalue weighted by Crippen LogP contribution is -2.33. The van der Waals surface area contributed by atoms with Crippen LogP contribution in [0.4, 0.5) is 5.95 Å². The summed E-state index contributed by atoms with van der Waals surface area (Å²) in [5.74, 6) is 5.58. The summed E-state index contributed by atoms with van der Waals surface area (Å²) in [6.07, 6.45) is 1.16. The molecule has 1 aromatic heterocycles. The van der Waals surface area contributed by atoms with Gasteiger partial charge in [0.1, 0.15) is 11.5 Å². The molecule has 0 fully saturated rings. The van der Waals surface area contributed by atoms with E-state index in [4.69, 9.17) is 16.3 Å². The molecule has 2 rings (SSSR count). The summed E-state index contributed by atoms with van der Waals surface area (Å²) in [5, 5.41) is 17.1. The third kappa shape index (κ3) is 2.53. The van der Waals surface area contributed by atoms with Crippen LogP contribution < -0.4 is 21.9 Å². The van der Waals surface area contributed by atoms with Crippen LogP contribution in [0.15, 0.2) is 29.1 Å². The number of nitrogens with zero attached hydrogens (tertiary/aromatic N) is 3. The molecule has 0 radical (unpaired) electrons. The number of hydrogen-bond acceptors (Lipinski definition) is 7. The van der Waals surface area contributed by atoms with Gasteiger partial charge in [-0.15, -0.1) is 10.2 Å². The highest BCUT2D eigenvalue weighted by Crippen LogP contribution is 2.19. The maximum atomic E-state index is 11.8. The number of aromatic nitrogens is 3. The summed E-state index contributed by atoms with van der Waals surface area (Å²) in [4.78, 5) is 11.8. The molecule has 8 nitrogen and oxygen atoms in total. The molecule has 0 spiro atoms. The second-order valence-corrected chi connectivity index (χ2v) is 3.88. The van der Waals surface area contributed by atoms with Crippen LogP contribution in [0.1, 0.15) is 11.3 Å². The largest absolute Gasteiger partial charge is 0.507 e. The minimum absolute atomic E-state index is 0.123. The number of rotatable bonds is 3. The maximum absolute atomic E-state index is 11.8. The van der Waals surface area contributed by atoms with E-state index in [0.29, 0.717) is 16.0 Å². The minimum Gasteiger partial charge on any atom is -0.507 e. The van der Waals surface area contributed by atoms with Gasteiger partial charge >= 0.3 is 0 Å². The molecule has 0 unspecified atom stereocenters. The fourth-order valence-corrected chi connectivity index (χ4v) is 1.51. The standard InChI is InChI=1S/C12H13N5O3/c1-20-8-4-2-3-7(5-8)10(18)6-9-11(19)17(14)12(13)16-15-9/h2-6,18H,14H2,1H3,(H2,13,16). The highest BCUT2D eigenvalue weighted by Gasteiger charge is 2.08. The number of hydrogen-bond donors (Lipinski definition) is 3. The Bertz CT molecular complexity index is 723. The second-order valence-electron chi connectivity index (χ2n) is 3.88. The van der Waals surface area contributed by atoms with Crippen molar-refractivity contribution in [3.05, 3.63) is 45.9 Å². The van der Waals surface area contributed by atoms with Crippen molar-refractivity contribution in [1.29, 1.82) is 0 Å². The summed E-state index contributed by atoms with van der Waals surface area (Å²) in [5.41, 5.74) is 5.01. The molecule has 0 saturated heterocycles. The van der Waals surface area contributed by atoms with E-state index in [9.17, 15) is 9.90 Å². The number of benzene rings is 1. The summed E-state index contributed by atoms with van der Waals surface area (Å²) in [6.45, 7) is 0. The molecular formula is C12H13N5O3. The first-order chi connectivity index (χ1) is 9.52. The number of aliphatic hydroxyl groups excluding tert-OH is 1. The van der Waals surface area contributed by atoms with E-state index >= 15 is 0 Å². The Morgan fingerprint density at radius 3 is 2.90 bits per heavy atom. The lowest BCUT2D eigenvalue weighted by molar-refractivity contribution is 0.414. The van der Waals surface area contributed by atoms with Gasteiger partial charge in [-0.05, 0) is 12.1 Å². The molecule has 0 aliphatic rings. The quantitative estimate of drug-likeness (QED) is 0.531. The van der Waals surface area contributed by atoms with Gasteiger partial charge in [-0.1, -0.05) is 12.1 Å². The van der Waals surface area contributed by atoms with Gasteiger partial charge in [-0.3, -0.25) is 4.79 Å². The average molecular weight is 275 g/mol. The van der Waals surface area contributed by atoms with Crippen molar-refractivity contribution >= 4 is 17.8 Å². The Morgan fingerprint density at radius 1 is 1.45 bits per heavy atom. The Labute approximate surface area is 113 Å². The van der Waals surface area contributed by atoms with Crippen LogP contribution in [0.5, 0.6) is 5.75 Å². The van der Waals surface area contributed by atoms with Crippen molar-refractivity contribution in [2.24, 2.45) is 0 Å². The van der Waals surface area contributed by atoms with Gasteiger partial charge in [0.05, 0.1) is 7.11 Å². The number of nitrogen functional groups attached to an aromatic ring is 2. The van der Waals surface area contributed by atoms with Crippen LogP contribution in [0.25, 0.3) is 11.8 Å². The van der Waals surface area contributed by atoms with Crippen molar-refractivity contribution < 1.29 is 9.84 Å².